The molecule has 0 radical (unpaired) electrons. The van der Waals surface area contributed by atoms with Crippen molar-refractivity contribution in [3.63, 3.8) is 0 Å². The smallest absolute Gasteiger partial charge is 0.0290 e. The highest BCUT2D eigenvalue weighted by atomic mass is 32.7. The predicted octanol–water partition coefficient (Wildman–Crippen LogP) is 2.58. The zero-order valence-corrected chi connectivity index (χ0v) is 9.10. The Hall–Kier alpha value is 0.0600. The molecule has 0 aliphatic heterocycles. The quantitative estimate of drug-likeness (QED) is 0.405. The molecular weight excluding hydrogens is 173 g/mol. The Kier molecular flexibility index (Phi) is 8.20. The van der Waals surface area contributed by atoms with Gasteiger partial charge in [0.15, 0.2) is 0 Å². The first-order valence-corrected chi connectivity index (χ1v) is 6.13. The average molecular weight is 189 g/mol. The van der Waals surface area contributed by atoms with Gasteiger partial charge in [-0.25, -0.2) is 0 Å². The molecule has 0 aliphatic carbocycles. The van der Waals surface area contributed by atoms with Gasteiger partial charge in [-0.1, -0.05) is 20.6 Å². The van der Waals surface area contributed by atoms with E-state index in [0.717, 1.165) is 6.42 Å². The summed E-state index contributed by atoms with van der Waals surface area (Å²) in [7, 11) is 4.58. The van der Waals surface area contributed by atoms with E-state index in [1.54, 1.807) is 11.4 Å². The van der Waals surface area contributed by atoms with E-state index >= 15 is 0 Å². The first kappa shape index (κ1) is 11.1. The van der Waals surface area contributed by atoms with Crippen molar-refractivity contribution >= 4 is 19.8 Å². The molecule has 1 atom stereocenters. The van der Waals surface area contributed by atoms with Crippen molar-refractivity contribution in [1.82, 2.24) is 5.32 Å². The third-order valence-electron chi connectivity index (χ3n) is 1.30. The maximum absolute atomic E-state index is 3.09. The molecule has 3 heteroatoms. The van der Waals surface area contributed by atoms with Crippen LogP contribution in [0.3, 0.4) is 0 Å². The van der Waals surface area contributed by atoms with Gasteiger partial charge in [-0.2, -0.15) is 0 Å². The molecule has 0 bridgehead atoms. The fourth-order valence-corrected chi connectivity index (χ4v) is 1.35. The largest absolute Gasteiger partial charge is 0.388 e. The van der Waals surface area contributed by atoms with Crippen molar-refractivity contribution in [2.75, 3.05) is 12.8 Å². The van der Waals surface area contributed by atoms with Crippen LogP contribution in [0, 0.1) is 0 Å². The van der Waals surface area contributed by atoms with Crippen molar-refractivity contribution in [2.45, 2.75) is 13.3 Å². The SMILES string of the molecule is C/C=C(\C=C/CCSP)NC. The zero-order chi connectivity index (χ0) is 8.53. The molecule has 0 saturated heterocycles. The van der Waals surface area contributed by atoms with E-state index < -0.39 is 0 Å². The third-order valence-corrected chi connectivity index (χ3v) is 2.48. The molecule has 11 heavy (non-hydrogen) atoms. The minimum absolute atomic E-state index is 1.13. The van der Waals surface area contributed by atoms with Gasteiger partial charge in [0.05, 0.1) is 0 Å². The van der Waals surface area contributed by atoms with Gasteiger partial charge >= 0.3 is 0 Å². The predicted molar refractivity (Wildman–Crippen MR) is 58.7 cm³/mol. The molecule has 0 amide bonds. The minimum Gasteiger partial charge on any atom is -0.388 e. The van der Waals surface area contributed by atoms with E-state index in [2.05, 4.69) is 32.0 Å². The normalized spacial score (nSPS) is 12.5. The summed E-state index contributed by atoms with van der Waals surface area (Å²) in [6.07, 6.45) is 7.49. The molecule has 0 aromatic heterocycles. The summed E-state index contributed by atoms with van der Waals surface area (Å²) < 4.78 is 0. The number of hydrogen-bond donors (Lipinski definition) is 1. The van der Waals surface area contributed by atoms with Crippen LogP contribution in [-0.4, -0.2) is 12.8 Å². The monoisotopic (exact) mass is 189 g/mol. The summed E-state index contributed by atoms with van der Waals surface area (Å²) in [6, 6.07) is 0. The molecule has 0 heterocycles. The Bertz CT molecular complexity index is 143. The van der Waals surface area contributed by atoms with Crippen LogP contribution in [0.1, 0.15) is 13.3 Å². The van der Waals surface area contributed by atoms with Crippen LogP contribution in [0.2, 0.25) is 0 Å². The highest BCUT2D eigenvalue weighted by Gasteiger charge is 1.82. The number of rotatable bonds is 5. The van der Waals surface area contributed by atoms with Crippen LogP contribution in [0.5, 0.6) is 0 Å². The number of hydrogen-bond acceptors (Lipinski definition) is 2. The topological polar surface area (TPSA) is 12.0 Å². The third kappa shape index (κ3) is 6.46. The number of likely N-dealkylation sites (N-methyl/N-ethyl adjacent to an activating group) is 1. The summed E-state index contributed by atoms with van der Waals surface area (Å²) in [6.45, 7) is 2.03. The Labute approximate surface area is 75.7 Å². The Morgan fingerprint density at radius 2 is 2.36 bits per heavy atom. The fourth-order valence-electron chi connectivity index (χ4n) is 0.670. The van der Waals surface area contributed by atoms with Crippen LogP contribution in [0.4, 0.5) is 0 Å². The molecule has 0 aromatic rings. The number of nitrogens with one attached hydrogen (secondary N) is 1. The maximum Gasteiger partial charge on any atom is 0.0290 e. The lowest BCUT2D eigenvalue weighted by molar-refractivity contribution is 1.02. The summed E-state index contributed by atoms with van der Waals surface area (Å²) >= 11 is 1.79. The maximum atomic E-state index is 3.09. The van der Waals surface area contributed by atoms with Crippen molar-refractivity contribution in [3.05, 3.63) is 23.9 Å². The Morgan fingerprint density at radius 3 is 2.82 bits per heavy atom. The molecule has 0 spiro atoms. The van der Waals surface area contributed by atoms with E-state index in [1.807, 2.05) is 14.0 Å². The first-order chi connectivity index (χ1) is 5.35. The van der Waals surface area contributed by atoms with Crippen molar-refractivity contribution < 1.29 is 0 Å². The summed E-state index contributed by atoms with van der Waals surface area (Å²) in [5, 5.41) is 3.09. The zero-order valence-electron chi connectivity index (χ0n) is 7.13. The lowest BCUT2D eigenvalue weighted by atomic mass is 10.3. The van der Waals surface area contributed by atoms with Crippen LogP contribution in [0.15, 0.2) is 23.9 Å². The molecule has 64 valence electrons. The lowest BCUT2D eigenvalue weighted by Gasteiger charge is -1.97. The van der Waals surface area contributed by atoms with Crippen molar-refractivity contribution in [2.24, 2.45) is 0 Å². The van der Waals surface area contributed by atoms with Gasteiger partial charge in [0.2, 0.25) is 0 Å². The minimum atomic E-state index is 1.13. The van der Waals surface area contributed by atoms with Crippen molar-refractivity contribution in [3.8, 4) is 0 Å². The number of allylic oxidation sites excluding steroid dienone is 3. The Morgan fingerprint density at radius 1 is 1.64 bits per heavy atom. The van der Waals surface area contributed by atoms with E-state index in [9.17, 15) is 0 Å². The van der Waals surface area contributed by atoms with Gasteiger partial charge in [-0.05, 0) is 19.4 Å². The molecule has 0 fully saturated rings. The van der Waals surface area contributed by atoms with E-state index in [-0.39, 0.29) is 0 Å². The summed E-state index contributed by atoms with van der Waals surface area (Å²) in [5.74, 6) is 1.17. The van der Waals surface area contributed by atoms with Gasteiger partial charge < -0.3 is 5.32 Å². The molecular formula is C8H16NPS. The lowest BCUT2D eigenvalue weighted by Crippen LogP contribution is -2.01. The average Bonchev–Trinajstić information content (AvgIpc) is 2.05. The molecule has 1 nitrogen and oxygen atoms in total. The molecule has 0 aromatic carbocycles. The molecule has 0 saturated carbocycles. The van der Waals surface area contributed by atoms with Gasteiger partial charge in [-0.3, -0.25) is 0 Å². The van der Waals surface area contributed by atoms with Gasteiger partial charge in [0, 0.05) is 18.5 Å². The van der Waals surface area contributed by atoms with Gasteiger partial charge in [0.1, 0.15) is 0 Å². The first-order valence-electron chi connectivity index (χ1n) is 3.67. The van der Waals surface area contributed by atoms with E-state index in [4.69, 9.17) is 0 Å². The van der Waals surface area contributed by atoms with Gasteiger partial charge in [0.25, 0.3) is 0 Å². The van der Waals surface area contributed by atoms with E-state index in [0.29, 0.717) is 0 Å². The highest BCUT2D eigenvalue weighted by Crippen LogP contribution is 2.11. The highest BCUT2D eigenvalue weighted by molar-refractivity contribution is 8.43. The fraction of sp³-hybridized carbons (Fsp3) is 0.500. The van der Waals surface area contributed by atoms with Crippen LogP contribution < -0.4 is 5.32 Å². The van der Waals surface area contributed by atoms with E-state index in [1.165, 1.54) is 11.4 Å². The Balaban J connectivity index is 3.54. The molecule has 1 N–H and O–H groups in total. The van der Waals surface area contributed by atoms with Crippen LogP contribution in [0.25, 0.3) is 0 Å². The van der Waals surface area contributed by atoms with Crippen LogP contribution in [-0.2, 0) is 0 Å². The summed E-state index contributed by atoms with van der Waals surface area (Å²) in [5.41, 5.74) is 1.18. The second-order valence-corrected chi connectivity index (χ2v) is 3.80. The second-order valence-electron chi connectivity index (χ2n) is 2.06. The van der Waals surface area contributed by atoms with Crippen molar-refractivity contribution in [1.29, 1.82) is 0 Å². The van der Waals surface area contributed by atoms with Crippen LogP contribution >= 0.6 is 19.8 Å². The molecule has 0 aliphatic rings. The van der Waals surface area contributed by atoms with Gasteiger partial charge in [-0.15, -0.1) is 11.4 Å². The summed E-state index contributed by atoms with van der Waals surface area (Å²) in [4.78, 5) is 0. The second kappa shape index (κ2) is 8.16. The molecule has 0 rings (SSSR count). The standard InChI is InChI=1S/C8H16NPS/c1-3-8(9-2)6-4-5-7-11-10/h3-4,6,9H,5,7,10H2,1-2H3/b6-4-,8-3+. The molecule has 1 unspecified atom stereocenters.